The van der Waals surface area contributed by atoms with E-state index < -0.39 is 17.7 Å². The Bertz CT molecular complexity index is 893. The zero-order valence-electron chi connectivity index (χ0n) is 15.2. The van der Waals surface area contributed by atoms with E-state index in [4.69, 9.17) is 9.47 Å². The van der Waals surface area contributed by atoms with E-state index in [1.54, 1.807) is 12.1 Å². The lowest BCUT2D eigenvalue weighted by Crippen LogP contribution is -2.17. The molecule has 28 heavy (non-hydrogen) atoms. The van der Waals surface area contributed by atoms with Gasteiger partial charge in [-0.05, 0) is 48.2 Å². The first-order chi connectivity index (χ1) is 13.2. The molecule has 1 saturated carbocycles. The summed E-state index contributed by atoms with van der Waals surface area (Å²) in [5, 5.41) is 2.70. The summed E-state index contributed by atoms with van der Waals surface area (Å²) in [6.45, 7) is 0. The lowest BCUT2D eigenvalue weighted by molar-refractivity contribution is -0.137. The maximum atomic E-state index is 12.7. The third-order valence-corrected chi connectivity index (χ3v) is 4.68. The molecule has 3 rings (SSSR count). The molecule has 0 spiro atoms. The molecule has 2 aromatic carbocycles. The largest absolute Gasteiger partial charge is 0.497 e. The predicted octanol–water partition coefficient (Wildman–Crippen LogP) is 4.24. The molecule has 2 unspecified atom stereocenters. The van der Waals surface area contributed by atoms with Crippen molar-refractivity contribution >= 4 is 17.6 Å². The number of carbonyl (C=O) groups excluding carboxylic acids is 2. The van der Waals surface area contributed by atoms with Gasteiger partial charge in [-0.1, -0.05) is 12.1 Å². The SMILES string of the molecule is COC(=O)c1cc(OC)ccc1NC(=O)C1CC1c1ccc(C(F)(F)F)cc1. The van der Waals surface area contributed by atoms with Crippen LogP contribution in [0.25, 0.3) is 0 Å². The van der Waals surface area contributed by atoms with Crippen LogP contribution in [0.3, 0.4) is 0 Å². The first-order valence-corrected chi connectivity index (χ1v) is 8.49. The number of ether oxygens (including phenoxy) is 2. The molecule has 2 aromatic rings. The number of benzene rings is 2. The van der Waals surface area contributed by atoms with Crippen LogP contribution in [0.15, 0.2) is 42.5 Å². The molecule has 1 aliphatic rings. The fourth-order valence-corrected chi connectivity index (χ4v) is 3.04. The summed E-state index contributed by atoms with van der Waals surface area (Å²) in [4.78, 5) is 24.5. The second kappa shape index (κ2) is 7.53. The van der Waals surface area contributed by atoms with Crippen LogP contribution in [0.2, 0.25) is 0 Å². The lowest BCUT2D eigenvalue weighted by atomic mass is 10.1. The molecule has 1 amide bonds. The van der Waals surface area contributed by atoms with Crippen LogP contribution >= 0.6 is 0 Å². The molecular formula is C20H18F3NO4. The van der Waals surface area contributed by atoms with Crippen molar-refractivity contribution in [2.45, 2.75) is 18.5 Å². The Kier molecular flexibility index (Phi) is 5.31. The van der Waals surface area contributed by atoms with Crippen molar-refractivity contribution in [3.63, 3.8) is 0 Å². The van der Waals surface area contributed by atoms with Crippen molar-refractivity contribution in [1.29, 1.82) is 0 Å². The van der Waals surface area contributed by atoms with Gasteiger partial charge in [0.05, 0.1) is 31.0 Å². The molecule has 1 fully saturated rings. The molecule has 0 aliphatic heterocycles. The predicted molar refractivity (Wildman–Crippen MR) is 95.3 cm³/mol. The van der Waals surface area contributed by atoms with Gasteiger partial charge >= 0.3 is 12.1 Å². The van der Waals surface area contributed by atoms with Gasteiger partial charge in [-0.15, -0.1) is 0 Å². The molecule has 1 aliphatic carbocycles. The van der Waals surface area contributed by atoms with Crippen LogP contribution in [0, 0.1) is 5.92 Å². The molecular weight excluding hydrogens is 375 g/mol. The van der Waals surface area contributed by atoms with Crippen molar-refractivity contribution in [3.05, 3.63) is 59.2 Å². The number of hydrogen-bond donors (Lipinski definition) is 1. The highest BCUT2D eigenvalue weighted by Gasteiger charge is 2.44. The van der Waals surface area contributed by atoms with E-state index in [0.717, 1.165) is 12.1 Å². The monoisotopic (exact) mass is 393 g/mol. The summed E-state index contributed by atoms with van der Waals surface area (Å²) in [5.41, 5.74) is 0.396. The Labute approximate surface area is 159 Å². The average Bonchev–Trinajstić information content (AvgIpc) is 3.48. The zero-order chi connectivity index (χ0) is 20.5. The van der Waals surface area contributed by atoms with Crippen molar-refractivity contribution < 1.29 is 32.2 Å². The number of esters is 1. The summed E-state index contributed by atoms with van der Waals surface area (Å²) in [6.07, 6.45) is -3.86. The van der Waals surface area contributed by atoms with Gasteiger partial charge < -0.3 is 14.8 Å². The number of amides is 1. The molecule has 1 N–H and O–H groups in total. The third-order valence-electron chi connectivity index (χ3n) is 4.68. The smallest absolute Gasteiger partial charge is 0.416 e. The minimum atomic E-state index is -4.39. The number of hydrogen-bond acceptors (Lipinski definition) is 4. The van der Waals surface area contributed by atoms with E-state index in [1.165, 1.54) is 32.4 Å². The Balaban J connectivity index is 1.71. The standard InChI is InChI=1S/C20H18F3NO4/c1-27-13-7-8-17(16(9-13)19(26)28-2)24-18(25)15-10-14(15)11-3-5-12(6-4-11)20(21,22)23/h3-9,14-15H,10H2,1-2H3,(H,24,25). The van der Waals surface area contributed by atoms with Crippen LogP contribution in [0.1, 0.15) is 33.8 Å². The maximum absolute atomic E-state index is 12.7. The number of methoxy groups -OCH3 is 2. The number of anilines is 1. The van der Waals surface area contributed by atoms with Crippen molar-refractivity contribution in [2.24, 2.45) is 5.92 Å². The second-order valence-corrected chi connectivity index (χ2v) is 6.46. The van der Waals surface area contributed by atoms with Gasteiger partial charge in [0, 0.05) is 5.92 Å². The first-order valence-electron chi connectivity index (χ1n) is 8.49. The first kappa shape index (κ1) is 19.7. The molecule has 148 valence electrons. The zero-order valence-corrected chi connectivity index (χ0v) is 15.2. The van der Waals surface area contributed by atoms with E-state index >= 15 is 0 Å². The molecule has 5 nitrogen and oxygen atoms in total. The van der Waals surface area contributed by atoms with Crippen molar-refractivity contribution in [1.82, 2.24) is 0 Å². The maximum Gasteiger partial charge on any atom is 0.416 e. The fraction of sp³-hybridized carbons (Fsp3) is 0.300. The normalized spacial score (nSPS) is 18.3. The van der Waals surface area contributed by atoms with E-state index in [-0.39, 0.29) is 29.0 Å². The van der Waals surface area contributed by atoms with Crippen LogP contribution in [-0.4, -0.2) is 26.1 Å². The number of halogens is 3. The molecule has 0 aromatic heterocycles. The Morgan fingerprint density at radius 1 is 1.07 bits per heavy atom. The van der Waals surface area contributed by atoms with Crippen LogP contribution in [-0.2, 0) is 15.7 Å². The van der Waals surface area contributed by atoms with Gasteiger partial charge in [-0.25, -0.2) is 4.79 Å². The van der Waals surface area contributed by atoms with Gasteiger partial charge in [0.2, 0.25) is 5.91 Å². The molecule has 8 heteroatoms. The van der Waals surface area contributed by atoms with Crippen LogP contribution < -0.4 is 10.1 Å². The Morgan fingerprint density at radius 3 is 2.32 bits per heavy atom. The average molecular weight is 393 g/mol. The molecule has 2 atom stereocenters. The summed E-state index contributed by atoms with van der Waals surface area (Å²) in [6, 6.07) is 9.42. The lowest BCUT2D eigenvalue weighted by Gasteiger charge is -2.11. The van der Waals surface area contributed by atoms with E-state index in [2.05, 4.69) is 5.32 Å². The highest BCUT2D eigenvalue weighted by atomic mass is 19.4. The molecule has 0 saturated heterocycles. The van der Waals surface area contributed by atoms with E-state index in [1.807, 2.05) is 0 Å². The summed E-state index contributed by atoms with van der Waals surface area (Å²) < 4.78 is 47.8. The minimum Gasteiger partial charge on any atom is -0.497 e. The molecule has 0 radical (unpaired) electrons. The van der Waals surface area contributed by atoms with Crippen molar-refractivity contribution in [3.8, 4) is 5.75 Å². The highest BCUT2D eigenvalue weighted by Crippen LogP contribution is 2.48. The highest BCUT2D eigenvalue weighted by molar-refractivity contribution is 6.03. The number of rotatable bonds is 5. The van der Waals surface area contributed by atoms with E-state index in [9.17, 15) is 22.8 Å². The molecule has 0 bridgehead atoms. The fourth-order valence-electron chi connectivity index (χ4n) is 3.04. The Morgan fingerprint density at radius 2 is 1.75 bits per heavy atom. The van der Waals surface area contributed by atoms with Crippen molar-refractivity contribution in [2.75, 3.05) is 19.5 Å². The quantitative estimate of drug-likeness (QED) is 0.772. The van der Waals surface area contributed by atoms with Gasteiger partial charge in [-0.3, -0.25) is 4.79 Å². The minimum absolute atomic E-state index is 0.151. The number of carbonyl (C=O) groups is 2. The topological polar surface area (TPSA) is 64.6 Å². The van der Waals surface area contributed by atoms with Gasteiger partial charge in [0.1, 0.15) is 5.75 Å². The van der Waals surface area contributed by atoms with Crippen LogP contribution in [0.4, 0.5) is 18.9 Å². The third kappa shape index (κ3) is 4.11. The molecule has 0 heterocycles. The Hall–Kier alpha value is -3.03. The second-order valence-electron chi connectivity index (χ2n) is 6.46. The summed E-state index contributed by atoms with van der Waals surface area (Å²) in [7, 11) is 2.68. The van der Waals surface area contributed by atoms with Gasteiger partial charge in [0.25, 0.3) is 0 Å². The van der Waals surface area contributed by atoms with Gasteiger partial charge in [0.15, 0.2) is 0 Å². The van der Waals surface area contributed by atoms with E-state index in [0.29, 0.717) is 17.7 Å². The summed E-state index contributed by atoms with van der Waals surface area (Å²) in [5.74, 6) is -1.01. The number of nitrogens with one attached hydrogen (secondary N) is 1. The van der Waals surface area contributed by atoms with Gasteiger partial charge in [-0.2, -0.15) is 13.2 Å². The van der Waals surface area contributed by atoms with Crippen LogP contribution in [0.5, 0.6) is 5.75 Å². The number of alkyl halides is 3. The summed E-state index contributed by atoms with van der Waals surface area (Å²) >= 11 is 0.